The van der Waals surface area contributed by atoms with Crippen LogP contribution in [0, 0.1) is 0 Å². The van der Waals surface area contributed by atoms with Gasteiger partial charge in [0.15, 0.2) is 6.10 Å². The topological polar surface area (TPSA) is 149 Å². The van der Waals surface area contributed by atoms with Crippen LogP contribution < -0.4 is 0 Å². The number of allylic oxidation sites excluding steroid dienone is 2. The molecule has 0 heterocycles. The SMILES string of the molecule is CCCCCCCC/C=C\CCCCCCCC(=O)OC(COC(=O)CCCCCCCCCCCCCCCCCCCC)COP(=O)(O)OCC(O)CO. The van der Waals surface area contributed by atoms with Crippen LogP contribution in [0.1, 0.15) is 226 Å². The number of phosphoric acid groups is 1. The van der Waals surface area contributed by atoms with Crippen molar-refractivity contribution in [1.82, 2.24) is 0 Å². The van der Waals surface area contributed by atoms with Crippen molar-refractivity contribution < 1.29 is 47.8 Å². The molecule has 0 aromatic carbocycles. The monoisotopic (exact) mass is 819 g/mol. The number of unbranched alkanes of at least 4 members (excludes halogenated alkanes) is 28. The fraction of sp³-hybridized carbons (Fsp3) is 0.911. The van der Waals surface area contributed by atoms with Crippen LogP contribution in [0.5, 0.6) is 0 Å². The van der Waals surface area contributed by atoms with Crippen LogP contribution in [0.3, 0.4) is 0 Å². The van der Waals surface area contributed by atoms with Crippen molar-refractivity contribution in [1.29, 1.82) is 0 Å². The molecule has 10 nitrogen and oxygen atoms in total. The lowest BCUT2D eigenvalue weighted by atomic mass is 10.0. The normalized spacial score (nSPS) is 13.9. The van der Waals surface area contributed by atoms with E-state index in [1.807, 2.05) is 0 Å². The van der Waals surface area contributed by atoms with E-state index in [1.54, 1.807) is 0 Å². The second-order valence-corrected chi connectivity index (χ2v) is 17.2. The molecule has 11 heteroatoms. The van der Waals surface area contributed by atoms with Crippen molar-refractivity contribution in [2.45, 2.75) is 238 Å². The summed E-state index contributed by atoms with van der Waals surface area (Å²) in [5.74, 6) is -0.922. The van der Waals surface area contributed by atoms with Crippen molar-refractivity contribution in [2.75, 3.05) is 26.4 Å². The molecule has 56 heavy (non-hydrogen) atoms. The third kappa shape index (κ3) is 40.9. The van der Waals surface area contributed by atoms with Gasteiger partial charge in [0.05, 0.1) is 19.8 Å². The highest BCUT2D eigenvalue weighted by Crippen LogP contribution is 2.43. The van der Waals surface area contributed by atoms with Gasteiger partial charge in [-0.05, 0) is 38.5 Å². The van der Waals surface area contributed by atoms with E-state index in [4.69, 9.17) is 23.6 Å². The first-order chi connectivity index (χ1) is 27.2. The Morgan fingerprint density at radius 1 is 0.518 bits per heavy atom. The number of rotatable bonds is 44. The summed E-state index contributed by atoms with van der Waals surface area (Å²) in [5.41, 5.74) is 0. The van der Waals surface area contributed by atoms with Crippen LogP contribution in [0.25, 0.3) is 0 Å². The lowest BCUT2D eigenvalue weighted by molar-refractivity contribution is -0.161. The van der Waals surface area contributed by atoms with Gasteiger partial charge in [0.1, 0.15) is 12.7 Å². The Hall–Kier alpha value is -1.29. The molecule has 0 bridgehead atoms. The van der Waals surface area contributed by atoms with Gasteiger partial charge in [-0.25, -0.2) is 4.57 Å². The Kier molecular flexibility index (Phi) is 40.9. The molecular weight excluding hydrogens is 731 g/mol. The summed E-state index contributed by atoms with van der Waals surface area (Å²) in [7, 11) is -4.61. The molecule has 0 saturated heterocycles. The minimum absolute atomic E-state index is 0.178. The molecule has 0 aromatic heterocycles. The molecule has 0 aliphatic heterocycles. The highest BCUT2D eigenvalue weighted by molar-refractivity contribution is 7.47. The Morgan fingerprint density at radius 3 is 1.29 bits per heavy atom. The number of aliphatic hydroxyl groups excluding tert-OH is 2. The molecule has 0 aromatic rings. The van der Waals surface area contributed by atoms with E-state index in [0.29, 0.717) is 12.8 Å². The standard InChI is InChI=1S/C45H87O10P/c1-3-5-7-9-11-13-15-17-19-20-21-23-24-26-28-30-32-34-36-44(48)52-40-43(41-54-56(50,51)53-39-42(47)38-46)55-45(49)37-35-33-31-29-27-25-22-18-16-14-12-10-8-6-4-2/h18,22,42-43,46-47H,3-17,19-21,23-41H2,1-2H3,(H,50,51)/b22-18-. The fourth-order valence-electron chi connectivity index (χ4n) is 6.58. The predicted octanol–water partition coefficient (Wildman–Crippen LogP) is 12.4. The number of hydrogen-bond donors (Lipinski definition) is 3. The highest BCUT2D eigenvalue weighted by Gasteiger charge is 2.27. The van der Waals surface area contributed by atoms with Gasteiger partial charge in [-0.1, -0.05) is 187 Å². The lowest BCUT2D eigenvalue weighted by Gasteiger charge is -2.20. The van der Waals surface area contributed by atoms with Gasteiger partial charge in [0, 0.05) is 12.8 Å². The molecular formula is C45H87O10P. The Balaban J connectivity index is 4.22. The van der Waals surface area contributed by atoms with E-state index in [9.17, 15) is 24.2 Å². The van der Waals surface area contributed by atoms with Gasteiger partial charge in [0.2, 0.25) is 0 Å². The molecule has 332 valence electrons. The first-order valence-corrected chi connectivity index (χ1v) is 24.6. The molecule has 3 N–H and O–H groups in total. The highest BCUT2D eigenvalue weighted by atomic mass is 31.2. The van der Waals surface area contributed by atoms with Crippen molar-refractivity contribution in [3.05, 3.63) is 12.2 Å². The molecule has 0 aliphatic rings. The van der Waals surface area contributed by atoms with E-state index in [1.165, 1.54) is 128 Å². The second kappa shape index (κ2) is 41.9. The molecule has 0 spiro atoms. The average molecular weight is 819 g/mol. The number of esters is 2. The summed E-state index contributed by atoms with van der Waals surface area (Å²) in [6.07, 6.45) is 40.3. The fourth-order valence-corrected chi connectivity index (χ4v) is 7.37. The summed E-state index contributed by atoms with van der Waals surface area (Å²) in [4.78, 5) is 35.0. The second-order valence-electron chi connectivity index (χ2n) is 15.8. The molecule has 0 fully saturated rings. The largest absolute Gasteiger partial charge is 0.472 e. The van der Waals surface area contributed by atoms with Crippen LogP contribution in [0.15, 0.2) is 12.2 Å². The molecule has 0 aliphatic carbocycles. The predicted molar refractivity (Wildman–Crippen MR) is 229 cm³/mol. The minimum Gasteiger partial charge on any atom is -0.462 e. The summed E-state index contributed by atoms with van der Waals surface area (Å²) >= 11 is 0. The molecule has 0 saturated carbocycles. The molecule has 3 unspecified atom stereocenters. The quantitative estimate of drug-likeness (QED) is 0.0235. The van der Waals surface area contributed by atoms with Gasteiger partial charge in [-0.15, -0.1) is 0 Å². The average Bonchev–Trinajstić information content (AvgIpc) is 3.19. The summed E-state index contributed by atoms with van der Waals surface area (Å²) in [6, 6.07) is 0. The number of ether oxygens (including phenoxy) is 2. The van der Waals surface area contributed by atoms with Crippen molar-refractivity contribution >= 4 is 19.8 Å². The van der Waals surface area contributed by atoms with E-state index < -0.39 is 51.8 Å². The van der Waals surface area contributed by atoms with Crippen LogP contribution in [-0.2, 0) is 32.7 Å². The minimum atomic E-state index is -4.61. The zero-order valence-electron chi connectivity index (χ0n) is 36.1. The van der Waals surface area contributed by atoms with Crippen LogP contribution >= 0.6 is 7.82 Å². The number of carbonyl (C=O) groups is 2. The first kappa shape index (κ1) is 54.7. The number of carbonyl (C=O) groups excluding carboxylic acids is 2. The van der Waals surface area contributed by atoms with Crippen molar-refractivity contribution in [3.63, 3.8) is 0 Å². The van der Waals surface area contributed by atoms with Gasteiger partial charge in [0.25, 0.3) is 0 Å². The first-order valence-electron chi connectivity index (χ1n) is 23.1. The van der Waals surface area contributed by atoms with Crippen molar-refractivity contribution in [2.24, 2.45) is 0 Å². The molecule has 3 atom stereocenters. The molecule has 0 rings (SSSR count). The third-order valence-corrected chi connectivity index (χ3v) is 11.1. The maximum atomic E-state index is 12.6. The van der Waals surface area contributed by atoms with E-state index in [2.05, 4.69) is 26.0 Å². The van der Waals surface area contributed by atoms with Crippen molar-refractivity contribution in [3.8, 4) is 0 Å². The number of aliphatic hydroxyl groups is 2. The summed E-state index contributed by atoms with van der Waals surface area (Å²) in [6.45, 7) is 2.40. The summed E-state index contributed by atoms with van der Waals surface area (Å²) in [5, 5.41) is 18.3. The van der Waals surface area contributed by atoms with Gasteiger partial charge >= 0.3 is 19.8 Å². The Bertz CT molecular complexity index is 946. The van der Waals surface area contributed by atoms with E-state index in [0.717, 1.165) is 57.8 Å². The Labute approximate surface area is 343 Å². The maximum absolute atomic E-state index is 12.6. The zero-order valence-corrected chi connectivity index (χ0v) is 37.0. The lowest BCUT2D eigenvalue weighted by Crippen LogP contribution is -2.29. The maximum Gasteiger partial charge on any atom is 0.472 e. The number of phosphoric ester groups is 1. The Morgan fingerprint density at radius 2 is 0.875 bits per heavy atom. The van der Waals surface area contributed by atoms with Crippen LogP contribution in [0.2, 0.25) is 0 Å². The molecule has 0 radical (unpaired) electrons. The zero-order chi connectivity index (χ0) is 41.2. The molecule has 0 amide bonds. The van der Waals surface area contributed by atoms with Gasteiger partial charge in [-0.2, -0.15) is 0 Å². The van der Waals surface area contributed by atoms with E-state index >= 15 is 0 Å². The van der Waals surface area contributed by atoms with E-state index in [-0.39, 0.29) is 19.4 Å². The third-order valence-electron chi connectivity index (χ3n) is 10.2. The number of hydrogen-bond acceptors (Lipinski definition) is 9. The van der Waals surface area contributed by atoms with Crippen LogP contribution in [0.4, 0.5) is 0 Å². The smallest absolute Gasteiger partial charge is 0.462 e. The van der Waals surface area contributed by atoms with Gasteiger partial charge in [-0.3, -0.25) is 18.6 Å². The van der Waals surface area contributed by atoms with Crippen LogP contribution in [-0.4, -0.2) is 65.7 Å². The summed E-state index contributed by atoms with van der Waals surface area (Å²) < 4.78 is 32.8. The van der Waals surface area contributed by atoms with Gasteiger partial charge < -0.3 is 24.6 Å².